The van der Waals surface area contributed by atoms with Crippen LogP contribution in [0, 0.1) is 6.92 Å². The quantitative estimate of drug-likeness (QED) is 0.822. The van der Waals surface area contributed by atoms with Gasteiger partial charge in [-0.15, -0.1) is 5.10 Å². The molecule has 0 saturated heterocycles. The molecular formula is C12H11N3O2. The molecule has 0 unspecified atom stereocenters. The molecule has 2 aromatic rings. The van der Waals surface area contributed by atoms with E-state index in [0.29, 0.717) is 16.9 Å². The Balaban J connectivity index is 2.21. The maximum Gasteiger partial charge on any atom is 0.257 e. The number of nitrogens with zero attached hydrogens (tertiary/aromatic N) is 2. The summed E-state index contributed by atoms with van der Waals surface area (Å²) in [5.74, 6) is 0.256. The summed E-state index contributed by atoms with van der Waals surface area (Å²) in [6, 6.07) is 7.91. The average molecular weight is 229 g/mol. The monoisotopic (exact) mass is 229 g/mol. The maximum atomic E-state index is 11.9. The molecule has 1 heterocycles. The normalized spacial score (nSPS) is 9.94. The van der Waals surface area contributed by atoms with E-state index in [-0.39, 0.29) is 11.7 Å². The first-order valence-electron chi connectivity index (χ1n) is 5.05. The first kappa shape index (κ1) is 11.1. The molecule has 0 aliphatic rings. The van der Waals surface area contributed by atoms with Crippen LogP contribution in [0.5, 0.6) is 5.75 Å². The van der Waals surface area contributed by atoms with Crippen LogP contribution in [0.4, 0.5) is 5.82 Å². The molecule has 1 aromatic heterocycles. The number of hydrogen-bond donors (Lipinski definition) is 2. The summed E-state index contributed by atoms with van der Waals surface area (Å²) in [6.07, 6.45) is 1.53. The summed E-state index contributed by atoms with van der Waals surface area (Å²) < 4.78 is 0. The first-order chi connectivity index (χ1) is 8.16. The molecule has 5 nitrogen and oxygen atoms in total. The Morgan fingerprint density at radius 3 is 2.82 bits per heavy atom. The molecule has 0 atom stereocenters. The van der Waals surface area contributed by atoms with Crippen LogP contribution in [0.2, 0.25) is 0 Å². The summed E-state index contributed by atoms with van der Waals surface area (Å²) in [6.45, 7) is 1.76. The number of carbonyl (C=O) groups is 1. The Morgan fingerprint density at radius 2 is 2.18 bits per heavy atom. The minimum absolute atomic E-state index is 0.138. The van der Waals surface area contributed by atoms with Crippen molar-refractivity contribution in [1.82, 2.24) is 10.2 Å². The lowest BCUT2D eigenvalue weighted by molar-refractivity contribution is 0.102. The van der Waals surface area contributed by atoms with Crippen molar-refractivity contribution < 1.29 is 9.90 Å². The predicted octanol–water partition coefficient (Wildman–Crippen LogP) is 1.74. The lowest BCUT2D eigenvalue weighted by Gasteiger charge is -2.06. The Kier molecular flexibility index (Phi) is 3.00. The number of phenolic OH excluding ortho intramolecular Hbond substituents is 1. The zero-order chi connectivity index (χ0) is 12.3. The molecule has 5 heteroatoms. The third-order valence-electron chi connectivity index (χ3n) is 2.27. The molecule has 0 radical (unpaired) electrons. The number of carbonyl (C=O) groups excluding carboxylic acids is 1. The Morgan fingerprint density at radius 1 is 1.35 bits per heavy atom. The summed E-state index contributed by atoms with van der Waals surface area (Å²) in [4.78, 5) is 11.9. The molecule has 0 aliphatic heterocycles. The second-order valence-electron chi connectivity index (χ2n) is 3.56. The highest BCUT2D eigenvalue weighted by atomic mass is 16.3. The van der Waals surface area contributed by atoms with E-state index in [1.807, 2.05) is 0 Å². The molecule has 0 fully saturated rings. The first-order valence-corrected chi connectivity index (χ1v) is 5.05. The minimum atomic E-state index is -0.275. The number of anilines is 1. The van der Waals surface area contributed by atoms with E-state index in [4.69, 9.17) is 0 Å². The highest BCUT2D eigenvalue weighted by molar-refractivity contribution is 6.04. The largest absolute Gasteiger partial charge is 0.508 e. The van der Waals surface area contributed by atoms with Crippen LogP contribution in [-0.4, -0.2) is 21.2 Å². The zero-order valence-electron chi connectivity index (χ0n) is 9.21. The molecule has 2 N–H and O–H groups in total. The van der Waals surface area contributed by atoms with Gasteiger partial charge in [0.2, 0.25) is 0 Å². The fourth-order valence-electron chi connectivity index (χ4n) is 1.45. The van der Waals surface area contributed by atoms with E-state index in [1.165, 1.54) is 18.3 Å². The number of hydrogen-bond acceptors (Lipinski definition) is 4. The highest BCUT2D eigenvalue weighted by Crippen LogP contribution is 2.16. The summed E-state index contributed by atoms with van der Waals surface area (Å²) in [7, 11) is 0. The number of amides is 1. The van der Waals surface area contributed by atoms with E-state index >= 15 is 0 Å². The van der Waals surface area contributed by atoms with Crippen molar-refractivity contribution in [3.63, 3.8) is 0 Å². The van der Waals surface area contributed by atoms with Crippen LogP contribution >= 0.6 is 0 Å². The molecule has 0 spiro atoms. The van der Waals surface area contributed by atoms with E-state index in [0.717, 1.165) is 0 Å². The molecule has 0 aliphatic carbocycles. The van der Waals surface area contributed by atoms with Gasteiger partial charge in [0.05, 0.1) is 0 Å². The number of aromatic hydroxyl groups is 1. The molecule has 1 aromatic carbocycles. The van der Waals surface area contributed by atoms with Crippen molar-refractivity contribution >= 4 is 11.7 Å². The van der Waals surface area contributed by atoms with E-state index < -0.39 is 0 Å². The number of benzene rings is 1. The zero-order valence-corrected chi connectivity index (χ0v) is 9.21. The van der Waals surface area contributed by atoms with E-state index in [1.54, 1.807) is 25.1 Å². The SMILES string of the molecule is Cc1cc(O)ccc1C(=O)Nc1cccnn1. The molecule has 86 valence electrons. The molecule has 1 amide bonds. The highest BCUT2D eigenvalue weighted by Gasteiger charge is 2.10. The van der Waals surface area contributed by atoms with Gasteiger partial charge >= 0.3 is 0 Å². The van der Waals surface area contributed by atoms with Gasteiger partial charge in [0.1, 0.15) is 5.75 Å². The van der Waals surface area contributed by atoms with Gasteiger partial charge in [0.25, 0.3) is 5.91 Å². The Bertz CT molecular complexity index is 541. The Labute approximate surface area is 98.1 Å². The van der Waals surface area contributed by atoms with Crippen molar-refractivity contribution in [2.24, 2.45) is 0 Å². The van der Waals surface area contributed by atoms with Crippen molar-refractivity contribution in [2.75, 3.05) is 5.32 Å². The van der Waals surface area contributed by atoms with Gasteiger partial charge in [-0.05, 0) is 42.8 Å². The van der Waals surface area contributed by atoms with E-state index in [9.17, 15) is 9.90 Å². The lowest BCUT2D eigenvalue weighted by atomic mass is 10.1. The fraction of sp³-hybridized carbons (Fsp3) is 0.0833. The average Bonchev–Trinajstić information content (AvgIpc) is 2.30. The third-order valence-corrected chi connectivity index (χ3v) is 2.27. The van der Waals surface area contributed by atoms with Gasteiger partial charge in [-0.25, -0.2) is 0 Å². The van der Waals surface area contributed by atoms with Crippen molar-refractivity contribution in [2.45, 2.75) is 6.92 Å². The van der Waals surface area contributed by atoms with Crippen LogP contribution in [0.3, 0.4) is 0 Å². The number of aryl methyl sites for hydroxylation is 1. The fourth-order valence-corrected chi connectivity index (χ4v) is 1.45. The number of phenols is 1. The van der Waals surface area contributed by atoms with Crippen LogP contribution in [0.15, 0.2) is 36.5 Å². The number of nitrogens with one attached hydrogen (secondary N) is 1. The third kappa shape index (κ3) is 2.57. The minimum Gasteiger partial charge on any atom is -0.508 e. The van der Waals surface area contributed by atoms with Crippen LogP contribution < -0.4 is 5.32 Å². The van der Waals surface area contributed by atoms with Crippen molar-refractivity contribution in [3.05, 3.63) is 47.7 Å². The standard InChI is InChI=1S/C12H11N3O2/c1-8-7-9(16)4-5-10(8)12(17)14-11-3-2-6-13-15-11/h2-7,16H,1H3,(H,14,15,17). The smallest absolute Gasteiger partial charge is 0.257 e. The number of rotatable bonds is 2. The van der Waals surface area contributed by atoms with E-state index in [2.05, 4.69) is 15.5 Å². The summed E-state index contributed by atoms with van der Waals surface area (Å²) >= 11 is 0. The van der Waals surface area contributed by atoms with Gasteiger partial charge in [-0.1, -0.05) is 0 Å². The van der Waals surface area contributed by atoms with Gasteiger partial charge < -0.3 is 10.4 Å². The maximum absolute atomic E-state index is 11.9. The van der Waals surface area contributed by atoms with Crippen LogP contribution in [0.25, 0.3) is 0 Å². The van der Waals surface area contributed by atoms with Gasteiger partial charge in [-0.2, -0.15) is 5.10 Å². The Hall–Kier alpha value is -2.43. The topological polar surface area (TPSA) is 75.1 Å². The van der Waals surface area contributed by atoms with Gasteiger partial charge in [-0.3, -0.25) is 4.79 Å². The molecule has 17 heavy (non-hydrogen) atoms. The second-order valence-corrected chi connectivity index (χ2v) is 3.56. The van der Waals surface area contributed by atoms with Crippen LogP contribution in [0.1, 0.15) is 15.9 Å². The van der Waals surface area contributed by atoms with Crippen molar-refractivity contribution in [1.29, 1.82) is 0 Å². The summed E-state index contributed by atoms with van der Waals surface area (Å²) in [5, 5.41) is 19.3. The van der Waals surface area contributed by atoms with Crippen molar-refractivity contribution in [3.8, 4) is 5.75 Å². The lowest BCUT2D eigenvalue weighted by Crippen LogP contribution is -2.14. The second kappa shape index (κ2) is 4.61. The predicted molar refractivity (Wildman–Crippen MR) is 62.8 cm³/mol. The number of aromatic nitrogens is 2. The molecule has 2 rings (SSSR count). The van der Waals surface area contributed by atoms with Gasteiger partial charge in [0, 0.05) is 11.8 Å². The molecular weight excluding hydrogens is 218 g/mol. The van der Waals surface area contributed by atoms with Crippen LogP contribution in [-0.2, 0) is 0 Å². The van der Waals surface area contributed by atoms with Gasteiger partial charge in [0.15, 0.2) is 5.82 Å². The molecule has 0 bridgehead atoms. The molecule has 0 saturated carbocycles. The summed E-state index contributed by atoms with van der Waals surface area (Å²) in [5.41, 5.74) is 1.19.